The van der Waals surface area contributed by atoms with Crippen LogP contribution in [0.3, 0.4) is 0 Å². The molecule has 0 fully saturated rings. The van der Waals surface area contributed by atoms with Gasteiger partial charge in [0.05, 0.1) is 11.8 Å². The van der Waals surface area contributed by atoms with Gasteiger partial charge in [-0.3, -0.25) is 9.59 Å². The van der Waals surface area contributed by atoms with Crippen LogP contribution in [0.2, 0.25) is 0 Å². The van der Waals surface area contributed by atoms with Gasteiger partial charge in [0.1, 0.15) is 11.3 Å². The quantitative estimate of drug-likeness (QED) is 0.375. The van der Waals surface area contributed by atoms with E-state index in [2.05, 4.69) is 0 Å². The summed E-state index contributed by atoms with van der Waals surface area (Å²) in [6, 6.07) is 0.393. The highest BCUT2D eigenvalue weighted by Crippen LogP contribution is 2.29. The third kappa shape index (κ3) is 5.11. The molecule has 0 aliphatic rings. The van der Waals surface area contributed by atoms with E-state index < -0.39 is 58.3 Å². The number of halogens is 3. The molecule has 0 aliphatic heterocycles. The summed E-state index contributed by atoms with van der Waals surface area (Å²) in [5, 5.41) is 0. The highest BCUT2D eigenvalue weighted by molar-refractivity contribution is 5.83. The lowest BCUT2D eigenvalue weighted by molar-refractivity contribution is -0.165. The highest BCUT2D eigenvalue weighted by Gasteiger charge is 2.34. The van der Waals surface area contributed by atoms with Crippen LogP contribution in [-0.4, -0.2) is 17.5 Å². The summed E-state index contributed by atoms with van der Waals surface area (Å²) in [5.41, 5.74) is 3.26. The van der Waals surface area contributed by atoms with E-state index in [0.717, 1.165) is 0 Å². The van der Waals surface area contributed by atoms with E-state index in [-0.39, 0.29) is 6.42 Å². The number of hydrogen-bond acceptors (Lipinski definition) is 5. The van der Waals surface area contributed by atoms with E-state index in [1.54, 1.807) is 27.7 Å². The first-order valence-corrected chi connectivity index (χ1v) is 7.76. The summed E-state index contributed by atoms with van der Waals surface area (Å²) in [7, 11) is 0. The van der Waals surface area contributed by atoms with E-state index >= 15 is 0 Å². The molecular formula is C17H22F3NO4. The summed E-state index contributed by atoms with van der Waals surface area (Å²) in [5.74, 6) is -8.65. The van der Waals surface area contributed by atoms with E-state index in [1.807, 2.05) is 0 Å². The number of ether oxygens (including phenoxy) is 2. The van der Waals surface area contributed by atoms with Crippen LogP contribution >= 0.6 is 0 Å². The zero-order valence-electron chi connectivity index (χ0n) is 14.8. The Morgan fingerprint density at radius 2 is 1.72 bits per heavy atom. The number of hydrogen-bond donors (Lipinski definition) is 1. The molecule has 2 N–H and O–H groups in total. The molecule has 0 aromatic heterocycles. The summed E-state index contributed by atoms with van der Waals surface area (Å²) in [6.07, 6.45) is 0.194. The van der Waals surface area contributed by atoms with Gasteiger partial charge in [-0.15, -0.1) is 0 Å². The summed E-state index contributed by atoms with van der Waals surface area (Å²) in [4.78, 5) is 24.4. The molecule has 0 saturated heterocycles. The fraction of sp³-hybridized carbons (Fsp3) is 0.529. The molecule has 0 amide bonds. The Morgan fingerprint density at radius 1 is 1.16 bits per heavy atom. The van der Waals surface area contributed by atoms with Crippen LogP contribution in [0.15, 0.2) is 6.07 Å². The van der Waals surface area contributed by atoms with Crippen LogP contribution in [0.5, 0.6) is 5.75 Å². The minimum atomic E-state index is -1.56. The van der Waals surface area contributed by atoms with Crippen molar-refractivity contribution in [1.29, 1.82) is 0 Å². The van der Waals surface area contributed by atoms with Crippen LogP contribution in [0.4, 0.5) is 18.9 Å². The molecule has 5 nitrogen and oxygen atoms in total. The molecule has 1 rings (SSSR count). The zero-order chi connectivity index (χ0) is 19.5. The SMILES string of the molecule is CCC(C(=O)Oc1cc(F)c(F)c(N)c1F)C(C)C(=O)OC(C)(C)C. The van der Waals surface area contributed by atoms with Crippen LogP contribution in [0.1, 0.15) is 41.0 Å². The Hall–Kier alpha value is -2.25. The second kappa shape index (κ2) is 7.76. The third-order valence-corrected chi connectivity index (χ3v) is 3.49. The lowest BCUT2D eigenvalue weighted by Gasteiger charge is -2.25. The second-order valence-corrected chi connectivity index (χ2v) is 6.66. The maximum absolute atomic E-state index is 13.9. The number of rotatable bonds is 5. The molecule has 0 radical (unpaired) electrons. The molecule has 0 bridgehead atoms. The zero-order valence-corrected chi connectivity index (χ0v) is 14.8. The van der Waals surface area contributed by atoms with Gasteiger partial charge in [-0.2, -0.15) is 0 Å². The van der Waals surface area contributed by atoms with Gasteiger partial charge in [0, 0.05) is 6.07 Å². The van der Waals surface area contributed by atoms with E-state index in [0.29, 0.717) is 6.07 Å². The van der Waals surface area contributed by atoms with Crippen molar-refractivity contribution in [2.75, 3.05) is 5.73 Å². The van der Waals surface area contributed by atoms with Crippen molar-refractivity contribution >= 4 is 17.6 Å². The number of nitrogen functional groups attached to an aromatic ring is 1. The molecule has 0 heterocycles. The number of anilines is 1. The van der Waals surface area contributed by atoms with Crippen molar-refractivity contribution < 1.29 is 32.2 Å². The Labute approximate surface area is 144 Å². The molecule has 0 spiro atoms. The molecule has 25 heavy (non-hydrogen) atoms. The first-order valence-electron chi connectivity index (χ1n) is 7.76. The number of carbonyl (C=O) groups excluding carboxylic acids is 2. The molecular weight excluding hydrogens is 339 g/mol. The van der Waals surface area contributed by atoms with Gasteiger partial charge >= 0.3 is 11.9 Å². The average Bonchev–Trinajstić information content (AvgIpc) is 2.49. The van der Waals surface area contributed by atoms with Crippen molar-refractivity contribution in [3.63, 3.8) is 0 Å². The van der Waals surface area contributed by atoms with Crippen molar-refractivity contribution in [1.82, 2.24) is 0 Å². The predicted octanol–water partition coefficient (Wildman–Crippen LogP) is 3.60. The fourth-order valence-corrected chi connectivity index (χ4v) is 2.14. The smallest absolute Gasteiger partial charge is 0.315 e. The Kier molecular flexibility index (Phi) is 6.45. The van der Waals surface area contributed by atoms with E-state index in [4.69, 9.17) is 15.2 Å². The minimum absolute atomic E-state index is 0.194. The third-order valence-electron chi connectivity index (χ3n) is 3.49. The summed E-state index contributed by atoms with van der Waals surface area (Å²) in [6.45, 7) is 8.13. The lowest BCUT2D eigenvalue weighted by Crippen LogP contribution is -2.35. The van der Waals surface area contributed by atoms with Gasteiger partial charge in [-0.25, -0.2) is 13.2 Å². The molecule has 1 aromatic carbocycles. The van der Waals surface area contributed by atoms with Gasteiger partial charge < -0.3 is 15.2 Å². The topological polar surface area (TPSA) is 78.6 Å². The normalized spacial score (nSPS) is 13.9. The second-order valence-electron chi connectivity index (χ2n) is 6.66. The lowest BCUT2D eigenvalue weighted by atomic mass is 9.91. The van der Waals surface area contributed by atoms with Gasteiger partial charge in [-0.1, -0.05) is 13.8 Å². The van der Waals surface area contributed by atoms with Gasteiger partial charge in [0.25, 0.3) is 0 Å². The molecule has 8 heteroatoms. The standard InChI is InChI=1S/C17H22F3NO4/c1-6-9(8(2)15(22)25-17(3,4)5)16(23)24-11-7-10(18)12(19)14(21)13(11)20/h7-9H,6,21H2,1-5H3. The van der Waals surface area contributed by atoms with Crippen molar-refractivity contribution in [3.8, 4) is 5.75 Å². The van der Waals surface area contributed by atoms with Crippen molar-refractivity contribution in [2.45, 2.75) is 46.6 Å². The van der Waals surface area contributed by atoms with Crippen LogP contribution in [0, 0.1) is 29.3 Å². The number of esters is 2. The molecule has 2 unspecified atom stereocenters. The molecule has 140 valence electrons. The highest BCUT2D eigenvalue weighted by atomic mass is 19.2. The van der Waals surface area contributed by atoms with Gasteiger partial charge in [-0.05, 0) is 27.2 Å². The Bertz CT molecular complexity index is 671. The van der Waals surface area contributed by atoms with Crippen molar-refractivity contribution in [3.05, 3.63) is 23.5 Å². The van der Waals surface area contributed by atoms with Crippen LogP contribution in [0.25, 0.3) is 0 Å². The predicted molar refractivity (Wildman–Crippen MR) is 85.2 cm³/mol. The fourth-order valence-electron chi connectivity index (χ4n) is 2.14. The summed E-state index contributed by atoms with van der Waals surface area (Å²) >= 11 is 0. The van der Waals surface area contributed by atoms with E-state index in [1.165, 1.54) is 6.92 Å². The largest absolute Gasteiger partial charge is 0.460 e. The number of nitrogens with two attached hydrogens (primary N) is 1. The Morgan fingerprint density at radius 3 is 2.20 bits per heavy atom. The molecule has 0 saturated carbocycles. The van der Waals surface area contributed by atoms with Gasteiger partial charge in [0.15, 0.2) is 23.2 Å². The molecule has 2 atom stereocenters. The van der Waals surface area contributed by atoms with Crippen LogP contribution < -0.4 is 10.5 Å². The maximum atomic E-state index is 13.9. The number of carbonyl (C=O) groups is 2. The minimum Gasteiger partial charge on any atom is -0.460 e. The summed E-state index contributed by atoms with van der Waals surface area (Å²) < 4.78 is 50.4. The Balaban J connectivity index is 2.99. The maximum Gasteiger partial charge on any atom is 0.315 e. The van der Waals surface area contributed by atoms with Crippen LogP contribution in [-0.2, 0) is 14.3 Å². The first kappa shape index (κ1) is 20.8. The molecule has 1 aromatic rings. The average molecular weight is 361 g/mol. The number of benzene rings is 1. The molecule has 0 aliphatic carbocycles. The van der Waals surface area contributed by atoms with E-state index in [9.17, 15) is 22.8 Å². The monoisotopic (exact) mass is 361 g/mol. The van der Waals surface area contributed by atoms with Gasteiger partial charge in [0.2, 0.25) is 0 Å². The first-order chi connectivity index (χ1) is 11.4. The van der Waals surface area contributed by atoms with Crippen molar-refractivity contribution in [2.24, 2.45) is 11.8 Å².